The Morgan fingerprint density at radius 3 is 2.71 bits per heavy atom. The zero-order chi connectivity index (χ0) is 12.8. The minimum Gasteiger partial charge on any atom is -0.399 e. The van der Waals surface area contributed by atoms with Crippen LogP contribution in [0, 0.1) is 6.92 Å². The van der Waals surface area contributed by atoms with Crippen molar-refractivity contribution in [2.24, 2.45) is 0 Å². The van der Waals surface area contributed by atoms with Crippen molar-refractivity contribution in [3.05, 3.63) is 23.8 Å². The lowest BCUT2D eigenvalue weighted by atomic mass is 10.2. The lowest BCUT2D eigenvalue weighted by molar-refractivity contribution is 0.261. The number of benzene rings is 1. The summed E-state index contributed by atoms with van der Waals surface area (Å²) >= 11 is 0. The molecular weight excluding hydrogens is 210 g/mol. The molecule has 0 heterocycles. The van der Waals surface area contributed by atoms with Gasteiger partial charge in [-0.1, -0.05) is 6.92 Å². The fraction of sp³-hybridized carbons (Fsp3) is 0.571. The number of nitrogen functional groups attached to an aromatic ring is 1. The van der Waals surface area contributed by atoms with Crippen LogP contribution in [0.3, 0.4) is 0 Å². The largest absolute Gasteiger partial charge is 0.399 e. The molecule has 0 spiro atoms. The molecule has 0 aliphatic rings. The maximum absolute atomic E-state index is 5.79. The number of aryl methyl sites for hydroxylation is 1. The predicted molar refractivity (Wildman–Crippen MR) is 76.5 cm³/mol. The van der Waals surface area contributed by atoms with Gasteiger partial charge < -0.3 is 16.0 Å². The van der Waals surface area contributed by atoms with Crippen molar-refractivity contribution >= 4 is 11.4 Å². The first-order valence-corrected chi connectivity index (χ1v) is 6.34. The van der Waals surface area contributed by atoms with E-state index in [4.69, 9.17) is 5.73 Å². The van der Waals surface area contributed by atoms with E-state index in [0.717, 1.165) is 30.0 Å². The minimum absolute atomic E-state index is 0.643. The molecule has 0 aliphatic carbocycles. The molecule has 0 amide bonds. The lowest BCUT2D eigenvalue weighted by Crippen LogP contribution is -2.32. The van der Waals surface area contributed by atoms with Crippen LogP contribution in [0.15, 0.2) is 18.2 Å². The molecule has 0 saturated carbocycles. The van der Waals surface area contributed by atoms with E-state index in [1.807, 2.05) is 19.1 Å². The van der Waals surface area contributed by atoms with Gasteiger partial charge in [0.1, 0.15) is 0 Å². The quantitative estimate of drug-likeness (QED) is 0.745. The number of nitrogens with one attached hydrogen (secondary N) is 1. The van der Waals surface area contributed by atoms with Crippen LogP contribution in [-0.4, -0.2) is 31.1 Å². The van der Waals surface area contributed by atoms with Gasteiger partial charge in [0.25, 0.3) is 0 Å². The van der Waals surface area contributed by atoms with Gasteiger partial charge in [0.05, 0.1) is 0 Å². The predicted octanol–water partition coefficient (Wildman–Crippen LogP) is 2.72. The molecule has 3 heteroatoms. The Morgan fingerprint density at radius 1 is 1.41 bits per heavy atom. The van der Waals surface area contributed by atoms with Crippen LogP contribution in [0.4, 0.5) is 11.4 Å². The molecule has 1 rings (SSSR count). The van der Waals surface area contributed by atoms with Crippen LogP contribution in [-0.2, 0) is 0 Å². The summed E-state index contributed by atoms with van der Waals surface area (Å²) in [6.07, 6.45) is 1.19. The normalized spacial score (nSPS) is 12.8. The first-order valence-electron chi connectivity index (χ1n) is 6.34. The van der Waals surface area contributed by atoms with E-state index >= 15 is 0 Å². The van der Waals surface area contributed by atoms with Gasteiger partial charge in [0.2, 0.25) is 0 Å². The zero-order valence-corrected chi connectivity index (χ0v) is 11.5. The van der Waals surface area contributed by atoms with Crippen LogP contribution in [0.2, 0.25) is 0 Å². The average molecular weight is 235 g/mol. The summed E-state index contributed by atoms with van der Waals surface area (Å²) in [7, 11) is 2.17. The van der Waals surface area contributed by atoms with Gasteiger partial charge in [-0.15, -0.1) is 0 Å². The van der Waals surface area contributed by atoms with Crippen LogP contribution in [0.25, 0.3) is 0 Å². The molecule has 17 heavy (non-hydrogen) atoms. The van der Waals surface area contributed by atoms with E-state index in [9.17, 15) is 0 Å². The Balaban J connectivity index is 2.38. The molecule has 0 saturated heterocycles. The average Bonchev–Trinajstić information content (AvgIpc) is 2.32. The van der Waals surface area contributed by atoms with Crippen molar-refractivity contribution in [2.75, 3.05) is 31.2 Å². The van der Waals surface area contributed by atoms with Crippen LogP contribution in [0.5, 0.6) is 0 Å². The Hall–Kier alpha value is -1.22. The van der Waals surface area contributed by atoms with Crippen LogP contribution >= 0.6 is 0 Å². The third-order valence-corrected chi connectivity index (χ3v) is 3.41. The van der Waals surface area contributed by atoms with E-state index in [1.54, 1.807) is 0 Å². The number of nitrogens with two attached hydrogens (primary N) is 1. The molecule has 0 aromatic heterocycles. The topological polar surface area (TPSA) is 41.3 Å². The Kier molecular flexibility index (Phi) is 5.29. The Bertz CT molecular complexity index is 349. The fourth-order valence-corrected chi connectivity index (χ4v) is 1.69. The molecule has 0 aliphatic heterocycles. The van der Waals surface area contributed by atoms with Gasteiger partial charge in [0.15, 0.2) is 0 Å². The molecule has 0 radical (unpaired) electrons. The van der Waals surface area contributed by atoms with Gasteiger partial charge in [-0.3, -0.25) is 0 Å². The number of anilines is 2. The van der Waals surface area contributed by atoms with Crippen molar-refractivity contribution < 1.29 is 0 Å². The van der Waals surface area contributed by atoms with Gasteiger partial charge in [-0.05, 0) is 51.1 Å². The molecule has 0 fully saturated rings. The molecular formula is C14H25N3. The zero-order valence-electron chi connectivity index (χ0n) is 11.5. The van der Waals surface area contributed by atoms with E-state index in [1.165, 1.54) is 6.42 Å². The monoisotopic (exact) mass is 235 g/mol. The summed E-state index contributed by atoms with van der Waals surface area (Å²) in [6.45, 7) is 8.53. The summed E-state index contributed by atoms with van der Waals surface area (Å²) in [6, 6.07) is 6.73. The first-order chi connectivity index (χ1) is 8.04. The van der Waals surface area contributed by atoms with Crippen molar-refractivity contribution in [3.63, 3.8) is 0 Å². The second-order valence-electron chi connectivity index (χ2n) is 4.74. The number of likely N-dealkylation sites (N-methyl/N-ethyl adjacent to an activating group) is 1. The fourth-order valence-electron chi connectivity index (χ4n) is 1.69. The van der Waals surface area contributed by atoms with Gasteiger partial charge in [-0.2, -0.15) is 0 Å². The first kappa shape index (κ1) is 13.8. The number of nitrogens with zero attached hydrogens (tertiary/aromatic N) is 1. The molecule has 1 atom stereocenters. The third kappa shape index (κ3) is 4.27. The molecule has 96 valence electrons. The maximum atomic E-state index is 5.79. The second kappa shape index (κ2) is 6.50. The highest BCUT2D eigenvalue weighted by Gasteiger charge is 2.05. The second-order valence-corrected chi connectivity index (χ2v) is 4.74. The Labute approximate surface area is 105 Å². The van der Waals surface area contributed by atoms with Gasteiger partial charge in [-0.25, -0.2) is 0 Å². The van der Waals surface area contributed by atoms with E-state index in [2.05, 4.69) is 37.2 Å². The Morgan fingerprint density at radius 2 is 2.12 bits per heavy atom. The smallest absolute Gasteiger partial charge is 0.0345 e. The molecule has 1 aromatic rings. The lowest BCUT2D eigenvalue weighted by Gasteiger charge is -2.23. The SMILES string of the molecule is CCC(C)N(C)CCNc1ccc(N)c(C)c1. The van der Waals surface area contributed by atoms with E-state index in [0.29, 0.717) is 6.04 Å². The van der Waals surface area contributed by atoms with Crippen molar-refractivity contribution in [1.29, 1.82) is 0 Å². The van der Waals surface area contributed by atoms with E-state index in [-0.39, 0.29) is 0 Å². The molecule has 3 N–H and O–H groups in total. The highest BCUT2D eigenvalue weighted by molar-refractivity contribution is 5.56. The van der Waals surface area contributed by atoms with Crippen LogP contribution in [0.1, 0.15) is 25.8 Å². The molecule has 0 bridgehead atoms. The van der Waals surface area contributed by atoms with Crippen molar-refractivity contribution in [2.45, 2.75) is 33.2 Å². The summed E-state index contributed by atoms with van der Waals surface area (Å²) < 4.78 is 0. The summed E-state index contributed by atoms with van der Waals surface area (Å²) in [5.41, 5.74) is 8.92. The highest BCUT2D eigenvalue weighted by atomic mass is 15.1. The summed E-state index contributed by atoms with van der Waals surface area (Å²) in [5, 5.41) is 3.43. The number of rotatable bonds is 6. The minimum atomic E-state index is 0.643. The maximum Gasteiger partial charge on any atom is 0.0345 e. The van der Waals surface area contributed by atoms with Gasteiger partial charge >= 0.3 is 0 Å². The molecule has 1 unspecified atom stereocenters. The molecule has 3 nitrogen and oxygen atoms in total. The van der Waals surface area contributed by atoms with Gasteiger partial charge in [0, 0.05) is 30.5 Å². The highest BCUT2D eigenvalue weighted by Crippen LogP contribution is 2.16. The van der Waals surface area contributed by atoms with Crippen molar-refractivity contribution in [3.8, 4) is 0 Å². The standard InChI is InChI=1S/C14H25N3/c1-5-12(3)17(4)9-8-16-13-6-7-14(15)11(2)10-13/h6-7,10,12,16H,5,8-9,15H2,1-4H3. The van der Waals surface area contributed by atoms with Crippen molar-refractivity contribution in [1.82, 2.24) is 4.90 Å². The summed E-state index contributed by atoms with van der Waals surface area (Å²) in [4.78, 5) is 2.37. The third-order valence-electron chi connectivity index (χ3n) is 3.41. The molecule has 1 aromatic carbocycles. The number of hydrogen-bond donors (Lipinski definition) is 2. The summed E-state index contributed by atoms with van der Waals surface area (Å²) in [5.74, 6) is 0. The van der Waals surface area contributed by atoms with Crippen LogP contribution < -0.4 is 11.1 Å². The number of hydrogen-bond acceptors (Lipinski definition) is 3. The van der Waals surface area contributed by atoms with E-state index < -0.39 is 0 Å².